The average molecular weight is 375 g/mol. The maximum absolute atomic E-state index is 11.5. The first-order chi connectivity index (χ1) is 10.2. The minimum atomic E-state index is -0.490. The summed E-state index contributed by atoms with van der Waals surface area (Å²) < 4.78 is 16.7. The molecule has 0 spiro atoms. The van der Waals surface area contributed by atoms with Crippen molar-refractivity contribution in [3.8, 4) is 11.6 Å². The Morgan fingerprint density at radius 3 is 2.68 bits per heavy atom. The summed E-state index contributed by atoms with van der Waals surface area (Å²) in [5.41, 5.74) is 0.318. The lowest BCUT2D eigenvalue weighted by molar-refractivity contribution is 0.0525. The van der Waals surface area contributed by atoms with Crippen LogP contribution < -0.4 is 14.8 Å². The zero-order valence-corrected chi connectivity index (χ0v) is 15.2. The summed E-state index contributed by atoms with van der Waals surface area (Å²) in [7, 11) is 1.56. The van der Waals surface area contributed by atoms with Gasteiger partial charge in [0.2, 0.25) is 5.88 Å². The van der Waals surface area contributed by atoms with Gasteiger partial charge < -0.3 is 19.5 Å². The summed E-state index contributed by atoms with van der Waals surface area (Å²) in [6, 6.07) is 1.83. The van der Waals surface area contributed by atoms with E-state index in [1.165, 1.54) is 0 Å². The quantitative estimate of drug-likeness (QED) is 0.772. The zero-order chi connectivity index (χ0) is 16.8. The number of halogens is 1. The average Bonchev–Trinajstić information content (AvgIpc) is 2.39. The van der Waals surface area contributed by atoms with Crippen molar-refractivity contribution in [2.45, 2.75) is 39.7 Å². The molecule has 0 fully saturated rings. The highest BCUT2D eigenvalue weighted by atomic mass is 79.9. The Hall–Kier alpha value is -1.50. The number of pyridine rings is 1. The number of nitrogens with zero attached hydrogens (tertiary/aromatic N) is 1. The van der Waals surface area contributed by atoms with E-state index in [4.69, 9.17) is 14.2 Å². The van der Waals surface area contributed by atoms with Gasteiger partial charge in [0.25, 0.3) is 0 Å². The van der Waals surface area contributed by atoms with Gasteiger partial charge in [-0.2, -0.15) is 0 Å². The fourth-order valence-corrected chi connectivity index (χ4v) is 2.08. The molecule has 0 atom stereocenters. The van der Waals surface area contributed by atoms with Crippen molar-refractivity contribution in [1.29, 1.82) is 0 Å². The smallest absolute Gasteiger partial charge is 0.407 e. The Labute approximate surface area is 139 Å². The molecule has 0 unspecified atom stereocenters. The predicted octanol–water partition coefficient (Wildman–Crippen LogP) is 3.45. The first kappa shape index (κ1) is 18.5. The Bertz CT molecular complexity index is 515. The van der Waals surface area contributed by atoms with Crippen LogP contribution in [0.25, 0.3) is 0 Å². The first-order valence-corrected chi connectivity index (χ1v) is 7.83. The number of carbonyl (C=O) groups excluding carboxylic acids is 1. The van der Waals surface area contributed by atoms with Crippen molar-refractivity contribution in [3.05, 3.63) is 16.2 Å². The van der Waals surface area contributed by atoms with Crippen molar-refractivity contribution in [2.24, 2.45) is 0 Å². The molecule has 0 saturated carbocycles. The van der Waals surface area contributed by atoms with Crippen molar-refractivity contribution >= 4 is 22.0 Å². The summed E-state index contributed by atoms with van der Waals surface area (Å²) in [6.45, 7) is 8.28. The van der Waals surface area contributed by atoms with E-state index in [0.717, 1.165) is 5.69 Å². The van der Waals surface area contributed by atoms with E-state index in [-0.39, 0.29) is 0 Å². The SMILES string of the molecule is COc1nc(C)cc(OCCCNC(=O)OC(C)(C)C)c1Br. The zero-order valence-electron chi connectivity index (χ0n) is 13.7. The van der Waals surface area contributed by atoms with E-state index < -0.39 is 11.7 Å². The van der Waals surface area contributed by atoms with Crippen LogP contribution in [0.4, 0.5) is 4.79 Å². The van der Waals surface area contributed by atoms with E-state index in [9.17, 15) is 4.79 Å². The third-order valence-corrected chi connectivity index (χ3v) is 3.19. The van der Waals surface area contributed by atoms with E-state index in [1.54, 1.807) is 7.11 Å². The monoisotopic (exact) mass is 374 g/mol. The highest BCUT2D eigenvalue weighted by Gasteiger charge is 2.15. The molecular formula is C15H23BrN2O4. The number of hydrogen-bond donors (Lipinski definition) is 1. The maximum atomic E-state index is 11.5. The number of aromatic nitrogens is 1. The third kappa shape index (κ3) is 6.51. The number of nitrogens with one attached hydrogen (secondary N) is 1. The molecule has 1 amide bonds. The van der Waals surface area contributed by atoms with Gasteiger partial charge in [0.1, 0.15) is 15.8 Å². The Balaban J connectivity index is 2.37. The van der Waals surface area contributed by atoms with E-state index in [1.807, 2.05) is 33.8 Å². The molecule has 1 heterocycles. The second-order valence-corrected chi connectivity index (χ2v) is 6.51. The Kier molecular flexibility index (Phi) is 6.93. The van der Waals surface area contributed by atoms with Crippen LogP contribution in [0, 0.1) is 6.92 Å². The van der Waals surface area contributed by atoms with Crippen LogP contribution in [0.3, 0.4) is 0 Å². The number of rotatable bonds is 6. The van der Waals surface area contributed by atoms with Gasteiger partial charge >= 0.3 is 6.09 Å². The molecular weight excluding hydrogens is 352 g/mol. The highest BCUT2D eigenvalue weighted by Crippen LogP contribution is 2.33. The highest BCUT2D eigenvalue weighted by molar-refractivity contribution is 9.10. The van der Waals surface area contributed by atoms with Gasteiger partial charge in [-0.05, 0) is 50.0 Å². The molecule has 22 heavy (non-hydrogen) atoms. The molecule has 0 bridgehead atoms. The lowest BCUT2D eigenvalue weighted by Crippen LogP contribution is -2.33. The summed E-state index contributed by atoms with van der Waals surface area (Å²) in [5, 5.41) is 2.68. The molecule has 1 N–H and O–H groups in total. The molecule has 0 radical (unpaired) electrons. The molecule has 0 aliphatic heterocycles. The minimum absolute atomic E-state index is 0.421. The van der Waals surface area contributed by atoms with E-state index in [0.29, 0.717) is 35.7 Å². The normalized spacial score (nSPS) is 11.0. The number of methoxy groups -OCH3 is 1. The van der Waals surface area contributed by atoms with Gasteiger partial charge in [-0.3, -0.25) is 0 Å². The summed E-state index contributed by atoms with van der Waals surface area (Å²) >= 11 is 3.40. The summed E-state index contributed by atoms with van der Waals surface area (Å²) in [4.78, 5) is 15.7. The summed E-state index contributed by atoms with van der Waals surface area (Å²) in [5.74, 6) is 1.16. The molecule has 1 aromatic heterocycles. The Morgan fingerprint density at radius 1 is 1.41 bits per heavy atom. The van der Waals surface area contributed by atoms with Gasteiger partial charge in [0, 0.05) is 18.3 Å². The number of alkyl carbamates (subject to hydrolysis) is 1. The number of ether oxygens (including phenoxy) is 3. The summed E-state index contributed by atoms with van der Waals surface area (Å²) in [6.07, 6.45) is 0.241. The number of aryl methyl sites for hydroxylation is 1. The minimum Gasteiger partial charge on any atom is -0.492 e. The molecule has 1 rings (SSSR count). The number of carbonyl (C=O) groups is 1. The van der Waals surface area contributed by atoms with Crippen LogP contribution in [0.2, 0.25) is 0 Å². The fraction of sp³-hybridized carbons (Fsp3) is 0.600. The van der Waals surface area contributed by atoms with Crippen molar-refractivity contribution in [2.75, 3.05) is 20.3 Å². The van der Waals surface area contributed by atoms with Crippen LogP contribution >= 0.6 is 15.9 Å². The van der Waals surface area contributed by atoms with Gasteiger partial charge in [-0.15, -0.1) is 0 Å². The van der Waals surface area contributed by atoms with Crippen LogP contribution in [0.15, 0.2) is 10.5 Å². The van der Waals surface area contributed by atoms with Crippen LogP contribution in [-0.4, -0.2) is 36.9 Å². The Morgan fingerprint density at radius 2 is 2.09 bits per heavy atom. The molecule has 124 valence electrons. The first-order valence-electron chi connectivity index (χ1n) is 7.03. The van der Waals surface area contributed by atoms with Crippen LogP contribution in [0.5, 0.6) is 11.6 Å². The predicted molar refractivity (Wildman–Crippen MR) is 87.6 cm³/mol. The molecule has 0 aliphatic rings. The second-order valence-electron chi connectivity index (χ2n) is 5.72. The van der Waals surface area contributed by atoms with Gasteiger partial charge in [-0.1, -0.05) is 0 Å². The van der Waals surface area contributed by atoms with Gasteiger partial charge in [0.05, 0.1) is 13.7 Å². The molecule has 0 saturated heterocycles. The molecule has 0 aliphatic carbocycles. The van der Waals surface area contributed by atoms with Gasteiger partial charge in [-0.25, -0.2) is 9.78 Å². The van der Waals surface area contributed by atoms with Crippen molar-refractivity contribution in [3.63, 3.8) is 0 Å². The molecule has 7 heteroatoms. The standard InChI is InChI=1S/C15H23BrN2O4/c1-10-9-11(12(16)13(18-10)20-5)21-8-6-7-17-14(19)22-15(2,3)4/h9H,6-8H2,1-5H3,(H,17,19). The largest absolute Gasteiger partial charge is 0.492 e. The van der Waals surface area contributed by atoms with Crippen LogP contribution in [0.1, 0.15) is 32.9 Å². The van der Waals surface area contributed by atoms with Crippen molar-refractivity contribution < 1.29 is 19.0 Å². The second kappa shape index (κ2) is 8.22. The molecule has 1 aromatic rings. The third-order valence-electron chi connectivity index (χ3n) is 2.46. The number of amides is 1. The number of hydrogen-bond acceptors (Lipinski definition) is 5. The maximum Gasteiger partial charge on any atom is 0.407 e. The molecule has 6 nitrogen and oxygen atoms in total. The van der Waals surface area contributed by atoms with Crippen molar-refractivity contribution in [1.82, 2.24) is 10.3 Å². The molecule has 0 aromatic carbocycles. The lowest BCUT2D eigenvalue weighted by Gasteiger charge is -2.19. The topological polar surface area (TPSA) is 69.7 Å². The lowest BCUT2D eigenvalue weighted by atomic mass is 10.2. The van der Waals surface area contributed by atoms with E-state index >= 15 is 0 Å². The van der Waals surface area contributed by atoms with E-state index in [2.05, 4.69) is 26.2 Å². The van der Waals surface area contributed by atoms with Gasteiger partial charge in [0.15, 0.2) is 0 Å². The fourth-order valence-electron chi connectivity index (χ4n) is 1.60. The van der Waals surface area contributed by atoms with Crippen LogP contribution in [-0.2, 0) is 4.74 Å².